The highest BCUT2D eigenvalue weighted by Crippen LogP contribution is 2.42. The predicted molar refractivity (Wildman–Crippen MR) is 139 cm³/mol. The monoisotopic (exact) mass is 495 g/mol. The Morgan fingerprint density at radius 1 is 0.972 bits per heavy atom. The lowest BCUT2D eigenvalue weighted by atomic mass is 9.72. The highest BCUT2D eigenvalue weighted by atomic mass is 35.5. The van der Waals surface area contributed by atoms with Crippen LogP contribution in [0.3, 0.4) is 0 Å². The Morgan fingerprint density at radius 2 is 1.72 bits per heavy atom. The van der Waals surface area contributed by atoms with Gasteiger partial charge in [-0.3, -0.25) is 4.98 Å². The first-order valence-corrected chi connectivity index (χ1v) is 12.1. The van der Waals surface area contributed by atoms with E-state index >= 15 is 0 Å². The predicted octanol–water partition coefficient (Wildman–Crippen LogP) is 6.43. The zero-order valence-electron chi connectivity index (χ0n) is 19.2. The second-order valence-corrected chi connectivity index (χ2v) is 9.36. The van der Waals surface area contributed by atoms with Gasteiger partial charge in [-0.15, -0.1) is 0 Å². The van der Waals surface area contributed by atoms with Crippen molar-refractivity contribution in [1.82, 2.24) is 24.9 Å². The normalized spacial score (nSPS) is 14.4. The number of carbonyl (C=O) groups is 1. The number of imidazole rings is 1. The van der Waals surface area contributed by atoms with Gasteiger partial charge in [0.15, 0.2) is 10.8 Å². The molecule has 1 aliphatic carbocycles. The van der Waals surface area contributed by atoms with Crippen LogP contribution in [0.25, 0.3) is 39.3 Å². The zero-order valence-corrected chi connectivity index (χ0v) is 20.0. The molecule has 8 heteroatoms. The Kier molecular flexibility index (Phi) is 5.42. The van der Waals surface area contributed by atoms with Gasteiger partial charge in [0.05, 0.1) is 11.2 Å². The molecule has 1 aliphatic rings. The van der Waals surface area contributed by atoms with Gasteiger partial charge in [-0.25, -0.2) is 14.3 Å². The molecule has 0 atom stereocenters. The van der Waals surface area contributed by atoms with Crippen LogP contribution < -0.4 is 5.32 Å². The second-order valence-electron chi connectivity index (χ2n) is 8.98. The summed E-state index contributed by atoms with van der Waals surface area (Å²) in [7, 11) is 0. The zero-order chi connectivity index (χ0) is 24.7. The van der Waals surface area contributed by atoms with Crippen LogP contribution >= 0.6 is 11.6 Å². The maximum Gasteiger partial charge on any atom is 0.405 e. The smallest absolute Gasteiger partial charge is 0.405 e. The SMILES string of the molecule is O=C(O)NC1(c2ccc(-c3nc4c(-c5cccnc5)cc(Cl)nn4c3-c3ccccc3)cc2)CCC1. The summed E-state index contributed by atoms with van der Waals surface area (Å²) >= 11 is 6.49. The van der Waals surface area contributed by atoms with Crippen molar-refractivity contribution in [3.8, 4) is 33.6 Å². The fourth-order valence-corrected chi connectivity index (χ4v) is 5.14. The maximum atomic E-state index is 11.4. The molecule has 1 amide bonds. The lowest BCUT2D eigenvalue weighted by Crippen LogP contribution is -2.50. The standard InChI is InChI=1S/C28H22ClN5O2/c29-23-16-22(20-8-4-15-30-17-20)26-31-24(25(34(26)33-23)19-6-2-1-3-7-19)18-9-11-21(12-10-18)28(13-5-14-28)32-27(35)36/h1-4,6-12,15-17,32H,5,13-14H2,(H,35,36). The third-order valence-corrected chi connectivity index (χ3v) is 7.02. The number of amides is 1. The lowest BCUT2D eigenvalue weighted by molar-refractivity contribution is 0.144. The number of hydrogen-bond donors (Lipinski definition) is 2. The Bertz CT molecular complexity index is 1560. The van der Waals surface area contributed by atoms with Crippen molar-refractivity contribution in [1.29, 1.82) is 0 Å². The fraction of sp³-hybridized carbons (Fsp3) is 0.143. The third-order valence-electron chi connectivity index (χ3n) is 6.84. The summed E-state index contributed by atoms with van der Waals surface area (Å²) in [6.07, 6.45) is 5.08. The highest BCUT2D eigenvalue weighted by molar-refractivity contribution is 6.29. The van der Waals surface area contributed by atoms with Gasteiger partial charge in [-0.1, -0.05) is 72.3 Å². The van der Waals surface area contributed by atoms with Gasteiger partial charge in [0.1, 0.15) is 5.69 Å². The van der Waals surface area contributed by atoms with Crippen molar-refractivity contribution in [3.05, 3.63) is 95.9 Å². The minimum atomic E-state index is -1.00. The molecule has 7 nitrogen and oxygen atoms in total. The van der Waals surface area contributed by atoms with Crippen molar-refractivity contribution in [2.45, 2.75) is 24.8 Å². The lowest BCUT2D eigenvalue weighted by Gasteiger charge is -2.42. The largest absolute Gasteiger partial charge is 0.465 e. The summed E-state index contributed by atoms with van der Waals surface area (Å²) in [6.45, 7) is 0. The molecule has 0 aliphatic heterocycles. The van der Waals surface area contributed by atoms with Crippen LogP contribution in [-0.2, 0) is 5.54 Å². The number of pyridine rings is 1. The van der Waals surface area contributed by atoms with Gasteiger partial charge in [-0.05, 0) is 37.0 Å². The van der Waals surface area contributed by atoms with Crippen LogP contribution in [0.15, 0.2) is 85.2 Å². The Labute approximate surface area is 212 Å². The van der Waals surface area contributed by atoms with Crippen molar-refractivity contribution >= 4 is 23.3 Å². The average Bonchev–Trinajstić information content (AvgIpc) is 3.26. The van der Waals surface area contributed by atoms with E-state index in [1.807, 2.05) is 66.7 Å². The number of benzene rings is 2. The topological polar surface area (TPSA) is 92.4 Å². The summed E-state index contributed by atoms with van der Waals surface area (Å²) in [5.41, 5.74) is 6.30. The number of nitrogens with zero attached hydrogens (tertiary/aromatic N) is 4. The van der Waals surface area contributed by atoms with Gasteiger partial charge >= 0.3 is 6.09 Å². The molecule has 0 radical (unpaired) electrons. The number of halogens is 1. The molecule has 5 aromatic rings. The summed E-state index contributed by atoms with van der Waals surface area (Å²) in [6, 6.07) is 23.6. The number of hydrogen-bond acceptors (Lipinski definition) is 4. The maximum absolute atomic E-state index is 11.4. The first kappa shape index (κ1) is 22.2. The molecule has 2 aromatic carbocycles. The van der Waals surface area contributed by atoms with Crippen molar-refractivity contribution in [2.24, 2.45) is 0 Å². The minimum Gasteiger partial charge on any atom is -0.465 e. The quantitative estimate of drug-likeness (QED) is 0.293. The summed E-state index contributed by atoms with van der Waals surface area (Å²) < 4.78 is 1.79. The van der Waals surface area contributed by atoms with Gasteiger partial charge < -0.3 is 10.4 Å². The van der Waals surface area contributed by atoms with Gasteiger partial charge in [-0.2, -0.15) is 5.10 Å². The fourth-order valence-electron chi connectivity index (χ4n) is 4.95. The van der Waals surface area contributed by atoms with E-state index in [0.29, 0.717) is 10.8 Å². The molecule has 0 saturated heterocycles. The molecular weight excluding hydrogens is 474 g/mol. The van der Waals surface area contributed by atoms with Gasteiger partial charge in [0.25, 0.3) is 0 Å². The Morgan fingerprint density at radius 3 is 2.36 bits per heavy atom. The van der Waals surface area contributed by atoms with E-state index in [-0.39, 0.29) is 0 Å². The molecule has 36 heavy (non-hydrogen) atoms. The molecule has 3 aromatic heterocycles. The first-order valence-electron chi connectivity index (χ1n) is 11.7. The third kappa shape index (κ3) is 3.78. The highest BCUT2D eigenvalue weighted by Gasteiger charge is 2.40. The van der Waals surface area contributed by atoms with Crippen molar-refractivity contribution in [2.75, 3.05) is 0 Å². The van der Waals surface area contributed by atoms with E-state index in [1.54, 1.807) is 23.0 Å². The van der Waals surface area contributed by atoms with Crippen LogP contribution in [0, 0.1) is 0 Å². The van der Waals surface area contributed by atoms with Crippen LogP contribution in [0.4, 0.5) is 4.79 Å². The molecule has 178 valence electrons. The number of rotatable bonds is 5. The van der Waals surface area contributed by atoms with Gasteiger partial charge in [0, 0.05) is 34.6 Å². The summed E-state index contributed by atoms with van der Waals surface area (Å²) in [5.74, 6) is 0. The van der Waals surface area contributed by atoms with E-state index < -0.39 is 11.6 Å². The van der Waals surface area contributed by atoms with E-state index in [4.69, 9.17) is 16.6 Å². The Balaban J connectivity index is 1.54. The van der Waals surface area contributed by atoms with Crippen LogP contribution in [0.1, 0.15) is 24.8 Å². The van der Waals surface area contributed by atoms with Crippen molar-refractivity contribution in [3.63, 3.8) is 0 Å². The second kappa shape index (κ2) is 8.77. The molecular formula is C28H22ClN5O2. The summed E-state index contributed by atoms with van der Waals surface area (Å²) in [5, 5.41) is 17.0. The molecule has 1 saturated carbocycles. The molecule has 6 rings (SSSR count). The van der Waals surface area contributed by atoms with Crippen LogP contribution in [0.2, 0.25) is 5.15 Å². The first-order chi connectivity index (χ1) is 17.5. The number of carboxylic acid groups (broad SMARTS) is 1. The molecule has 0 spiro atoms. The molecule has 3 heterocycles. The van der Waals surface area contributed by atoms with Crippen LogP contribution in [0.5, 0.6) is 0 Å². The number of nitrogens with one attached hydrogen (secondary N) is 1. The van der Waals surface area contributed by atoms with Crippen LogP contribution in [-0.4, -0.2) is 30.8 Å². The number of aromatic nitrogens is 4. The molecule has 1 fully saturated rings. The van der Waals surface area contributed by atoms with E-state index in [0.717, 1.165) is 58.5 Å². The van der Waals surface area contributed by atoms with E-state index in [1.165, 1.54) is 0 Å². The van der Waals surface area contributed by atoms with E-state index in [9.17, 15) is 9.90 Å². The van der Waals surface area contributed by atoms with Crippen molar-refractivity contribution < 1.29 is 9.90 Å². The minimum absolute atomic E-state index is 0.351. The number of fused-ring (bicyclic) bond motifs is 1. The molecule has 0 unspecified atom stereocenters. The molecule has 0 bridgehead atoms. The van der Waals surface area contributed by atoms with Gasteiger partial charge in [0.2, 0.25) is 0 Å². The molecule has 2 N–H and O–H groups in total. The van der Waals surface area contributed by atoms with E-state index in [2.05, 4.69) is 15.4 Å². The Hall–Kier alpha value is -4.23. The average molecular weight is 496 g/mol. The summed E-state index contributed by atoms with van der Waals surface area (Å²) in [4.78, 5) is 20.7.